The molecule has 9 heteroatoms. The van der Waals surface area contributed by atoms with Crippen LogP contribution in [0.3, 0.4) is 0 Å². The Morgan fingerprint density at radius 2 is 1.93 bits per heavy atom. The second kappa shape index (κ2) is 7.19. The first kappa shape index (κ1) is 19.2. The highest BCUT2D eigenvalue weighted by Gasteiger charge is 2.44. The minimum absolute atomic E-state index is 0.218. The number of hydrogen-bond acceptors (Lipinski definition) is 3. The van der Waals surface area contributed by atoms with Crippen molar-refractivity contribution >= 4 is 29.1 Å². The molecular formula is C18H15ClF3N3O2. The summed E-state index contributed by atoms with van der Waals surface area (Å²) in [5.41, 5.74) is 0.0142. The van der Waals surface area contributed by atoms with E-state index in [-0.39, 0.29) is 11.6 Å². The summed E-state index contributed by atoms with van der Waals surface area (Å²) in [6.45, 7) is 0.229. The molecule has 1 aromatic carbocycles. The third-order valence-electron chi connectivity index (χ3n) is 4.49. The smallest absolute Gasteiger partial charge is 0.344 e. The van der Waals surface area contributed by atoms with Gasteiger partial charge in [-0.2, -0.15) is 13.2 Å². The Morgan fingerprint density at radius 1 is 1.26 bits per heavy atom. The van der Waals surface area contributed by atoms with Gasteiger partial charge >= 0.3 is 6.18 Å². The number of benzene rings is 1. The number of pyridine rings is 1. The van der Waals surface area contributed by atoms with Crippen molar-refractivity contribution in [1.82, 2.24) is 9.88 Å². The first-order valence-electron chi connectivity index (χ1n) is 8.01. The topological polar surface area (TPSA) is 62.3 Å². The van der Waals surface area contributed by atoms with Crippen LogP contribution < -0.4 is 5.32 Å². The van der Waals surface area contributed by atoms with E-state index < -0.39 is 35.4 Å². The molecule has 2 aromatic rings. The van der Waals surface area contributed by atoms with Gasteiger partial charge in [0.05, 0.1) is 16.3 Å². The van der Waals surface area contributed by atoms with Crippen molar-refractivity contribution in [2.24, 2.45) is 5.92 Å². The molecule has 0 spiro atoms. The molecule has 2 heterocycles. The lowest BCUT2D eigenvalue weighted by Gasteiger charge is -2.18. The second-order valence-electron chi connectivity index (χ2n) is 6.27. The summed E-state index contributed by atoms with van der Waals surface area (Å²) in [5.74, 6) is -2.59. The molecule has 2 atom stereocenters. The average Bonchev–Trinajstić information content (AvgIpc) is 2.91. The quantitative estimate of drug-likeness (QED) is 0.805. The fourth-order valence-corrected chi connectivity index (χ4v) is 3.27. The number of likely N-dealkylation sites (tertiary alicyclic amines) is 1. The average molecular weight is 398 g/mol. The van der Waals surface area contributed by atoms with Gasteiger partial charge in [0.25, 0.3) is 0 Å². The summed E-state index contributed by atoms with van der Waals surface area (Å²) >= 11 is 5.97. The van der Waals surface area contributed by atoms with Crippen molar-refractivity contribution in [2.45, 2.75) is 12.1 Å². The third kappa shape index (κ3) is 3.90. The Hall–Kier alpha value is -2.61. The van der Waals surface area contributed by atoms with Gasteiger partial charge in [-0.25, -0.2) is 0 Å². The van der Waals surface area contributed by atoms with E-state index in [2.05, 4.69) is 10.3 Å². The minimum Gasteiger partial charge on any atom is -0.344 e. The molecule has 1 aliphatic rings. The Balaban J connectivity index is 1.87. The largest absolute Gasteiger partial charge is 0.416 e. The van der Waals surface area contributed by atoms with Crippen LogP contribution in [-0.4, -0.2) is 35.3 Å². The fourth-order valence-electron chi connectivity index (χ4n) is 3.10. The van der Waals surface area contributed by atoms with Crippen LogP contribution in [0.4, 0.5) is 18.9 Å². The number of hydrogen-bond donors (Lipinski definition) is 1. The molecular weight excluding hydrogens is 383 g/mol. The summed E-state index contributed by atoms with van der Waals surface area (Å²) in [5, 5.41) is 2.82. The predicted molar refractivity (Wildman–Crippen MR) is 93.2 cm³/mol. The number of carbonyl (C=O) groups excluding carboxylic acids is 2. The van der Waals surface area contributed by atoms with E-state index in [4.69, 9.17) is 11.6 Å². The highest BCUT2D eigenvalue weighted by molar-refractivity contribution is 6.33. The van der Waals surface area contributed by atoms with Crippen LogP contribution in [0.15, 0.2) is 42.7 Å². The number of anilines is 1. The van der Waals surface area contributed by atoms with E-state index in [0.717, 1.165) is 12.1 Å². The Bertz CT molecular complexity index is 871. The Morgan fingerprint density at radius 3 is 2.52 bits per heavy atom. The first-order chi connectivity index (χ1) is 12.7. The van der Waals surface area contributed by atoms with E-state index in [9.17, 15) is 22.8 Å². The molecule has 0 aliphatic carbocycles. The molecule has 1 fully saturated rings. The van der Waals surface area contributed by atoms with Crippen LogP contribution in [0.5, 0.6) is 0 Å². The van der Waals surface area contributed by atoms with E-state index in [1.54, 1.807) is 7.05 Å². The van der Waals surface area contributed by atoms with Gasteiger partial charge in [0.15, 0.2) is 0 Å². The molecule has 142 valence electrons. The highest BCUT2D eigenvalue weighted by Crippen LogP contribution is 2.36. The van der Waals surface area contributed by atoms with Crippen molar-refractivity contribution < 1.29 is 22.8 Å². The van der Waals surface area contributed by atoms with Gasteiger partial charge in [-0.05, 0) is 23.8 Å². The SMILES string of the molecule is CN1C[C@@H](c2ccc(C(F)(F)F)cc2)[C@H](C(=O)Nc2ccncc2Cl)C1=O. The summed E-state index contributed by atoms with van der Waals surface area (Å²) < 4.78 is 38.3. The molecule has 0 radical (unpaired) electrons. The van der Waals surface area contributed by atoms with Gasteiger partial charge in [0.2, 0.25) is 11.8 Å². The molecule has 27 heavy (non-hydrogen) atoms. The van der Waals surface area contributed by atoms with Crippen molar-refractivity contribution in [2.75, 3.05) is 18.9 Å². The van der Waals surface area contributed by atoms with E-state index in [1.165, 1.54) is 35.5 Å². The molecule has 1 saturated heterocycles. The zero-order valence-electron chi connectivity index (χ0n) is 14.1. The zero-order chi connectivity index (χ0) is 19.8. The number of alkyl halides is 3. The van der Waals surface area contributed by atoms with Gasteiger partial charge in [0, 0.05) is 31.9 Å². The monoisotopic (exact) mass is 397 g/mol. The number of carbonyl (C=O) groups is 2. The maximum absolute atomic E-state index is 12.8. The standard InChI is InChI=1S/C18H15ClF3N3O2/c1-25-9-12(10-2-4-11(5-3-10)18(20,21)22)15(17(25)27)16(26)24-14-6-7-23-8-13(14)19/h2-8,12,15H,9H2,1H3,(H,23,24,26)/t12-,15+/m0/s1. The molecule has 1 N–H and O–H groups in total. The normalized spacial score (nSPS) is 20.0. The molecule has 2 amide bonds. The zero-order valence-corrected chi connectivity index (χ0v) is 14.9. The van der Waals surface area contributed by atoms with Crippen LogP contribution in [0.1, 0.15) is 17.0 Å². The van der Waals surface area contributed by atoms with E-state index >= 15 is 0 Å². The Kier molecular flexibility index (Phi) is 5.10. The van der Waals surface area contributed by atoms with E-state index in [1.807, 2.05) is 0 Å². The minimum atomic E-state index is -4.45. The van der Waals surface area contributed by atoms with Crippen LogP contribution in [0, 0.1) is 5.92 Å². The highest BCUT2D eigenvalue weighted by atomic mass is 35.5. The molecule has 5 nitrogen and oxygen atoms in total. The second-order valence-corrected chi connectivity index (χ2v) is 6.67. The van der Waals surface area contributed by atoms with E-state index in [0.29, 0.717) is 11.3 Å². The number of aromatic nitrogens is 1. The number of halogens is 4. The van der Waals surface area contributed by atoms with Crippen LogP contribution in [0.25, 0.3) is 0 Å². The van der Waals surface area contributed by atoms with Crippen LogP contribution in [0.2, 0.25) is 5.02 Å². The Labute approximate surface area is 158 Å². The van der Waals surface area contributed by atoms with Crippen LogP contribution in [-0.2, 0) is 15.8 Å². The predicted octanol–water partition coefficient (Wildman–Crippen LogP) is 3.56. The number of amides is 2. The maximum atomic E-state index is 12.8. The van der Waals surface area contributed by atoms with Crippen molar-refractivity contribution in [3.63, 3.8) is 0 Å². The van der Waals surface area contributed by atoms with Gasteiger partial charge in [-0.15, -0.1) is 0 Å². The molecule has 1 aromatic heterocycles. The van der Waals surface area contributed by atoms with Gasteiger partial charge in [-0.3, -0.25) is 14.6 Å². The summed E-state index contributed by atoms with van der Waals surface area (Å²) in [7, 11) is 1.55. The third-order valence-corrected chi connectivity index (χ3v) is 4.80. The fraction of sp³-hybridized carbons (Fsp3) is 0.278. The number of nitrogens with one attached hydrogen (secondary N) is 1. The number of nitrogens with zero attached hydrogens (tertiary/aromatic N) is 2. The summed E-state index contributed by atoms with van der Waals surface area (Å²) in [6, 6.07) is 6.01. The first-order valence-corrected chi connectivity index (χ1v) is 8.39. The van der Waals surface area contributed by atoms with Crippen LogP contribution >= 0.6 is 11.6 Å². The molecule has 0 unspecified atom stereocenters. The maximum Gasteiger partial charge on any atom is 0.416 e. The number of rotatable bonds is 3. The lowest BCUT2D eigenvalue weighted by atomic mass is 9.87. The van der Waals surface area contributed by atoms with Gasteiger partial charge in [0.1, 0.15) is 5.92 Å². The lowest BCUT2D eigenvalue weighted by Crippen LogP contribution is -2.32. The summed E-state index contributed by atoms with van der Waals surface area (Å²) in [6.07, 6.45) is -1.65. The van der Waals surface area contributed by atoms with Gasteiger partial charge < -0.3 is 10.2 Å². The molecule has 0 bridgehead atoms. The number of likely N-dealkylation sites (N-methyl/N-ethyl adjacent to an activating group) is 1. The lowest BCUT2D eigenvalue weighted by molar-refractivity contribution is -0.138. The van der Waals surface area contributed by atoms with Crippen molar-refractivity contribution in [1.29, 1.82) is 0 Å². The molecule has 0 saturated carbocycles. The van der Waals surface area contributed by atoms with Gasteiger partial charge in [-0.1, -0.05) is 23.7 Å². The van der Waals surface area contributed by atoms with Crippen molar-refractivity contribution in [3.8, 4) is 0 Å². The molecule has 3 rings (SSSR count). The molecule has 1 aliphatic heterocycles. The summed E-state index contributed by atoms with van der Waals surface area (Å²) in [4.78, 5) is 30.4. The van der Waals surface area contributed by atoms with Crippen molar-refractivity contribution in [3.05, 3.63) is 58.9 Å².